The number of nitrogens with zero attached hydrogens (tertiary/aromatic N) is 2. The Labute approximate surface area is 156 Å². The molecule has 0 fully saturated rings. The van der Waals surface area contributed by atoms with Crippen molar-refractivity contribution in [1.82, 2.24) is 14.5 Å². The van der Waals surface area contributed by atoms with Gasteiger partial charge in [-0.2, -0.15) is 0 Å². The van der Waals surface area contributed by atoms with E-state index in [-0.39, 0.29) is 18.5 Å². The van der Waals surface area contributed by atoms with E-state index in [0.29, 0.717) is 11.0 Å². The van der Waals surface area contributed by atoms with Crippen molar-refractivity contribution >= 4 is 16.9 Å². The second kappa shape index (κ2) is 6.87. The Morgan fingerprint density at radius 2 is 1.74 bits per heavy atom. The van der Waals surface area contributed by atoms with Gasteiger partial charge in [-0.15, -0.1) is 0 Å². The maximum absolute atomic E-state index is 12.7. The molecule has 1 N–H and O–H groups in total. The van der Waals surface area contributed by atoms with Crippen LogP contribution in [0.15, 0.2) is 58.1 Å². The minimum absolute atomic E-state index is 0.0593. The number of amides is 1. The molecule has 2 aromatic carbocycles. The van der Waals surface area contributed by atoms with Crippen LogP contribution < -0.4 is 16.4 Å². The molecule has 6 nitrogen and oxygen atoms in total. The van der Waals surface area contributed by atoms with Crippen molar-refractivity contribution in [2.75, 3.05) is 0 Å². The third-order valence-corrected chi connectivity index (χ3v) is 5.27. The summed E-state index contributed by atoms with van der Waals surface area (Å²) in [5.74, 6) is -0.266. The van der Waals surface area contributed by atoms with Crippen molar-refractivity contribution in [1.29, 1.82) is 0 Å². The normalized spacial score (nSPS) is 16.1. The molecule has 1 aliphatic rings. The van der Waals surface area contributed by atoms with Crippen LogP contribution in [0.1, 0.15) is 30.0 Å². The van der Waals surface area contributed by atoms with Crippen LogP contribution in [0, 0.1) is 0 Å². The van der Waals surface area contributed by atoms with E-state index in [0.717, 1.165) is 24.8 Å². The first kappa shape index (κ1) is 17.3. The summed E-state index contributed by atoms with van der Waals surface area (Å²) in [5.41, 5.74) is 2.27. The third kappa shape index (κ3) is 3.07. The second-order valence-corrected chi connectivity index (χ2v) is 6.96. The second-order valence-electron chi connectivity index (χ2n) is 6.96. The van der Waals surface area contributed by atoms with Crippen LogP contribution in [0.25, 0.3) is 11.0 Å². The zero-order valence-corrected chi connectivity index (χ0v) is 15.1. The van der Waals surface area contributed by atoms with Crippen LogP contribution in [0.5, 0.6) is 0 Å². The van der Waals surface area contributed by atoms with Crippen LogP contribution in [0.3, 0.4) is 0 Å². The van der Waals surface area contributed by atoms with Crippen LogP contribution in [0.4, 0.5) is 0 Å². The molecule has 1 atom stereocenters. The number of carbonyl (C=O) groups excluding carboxylic acids is 1. The van der Waals surface area contributed by atoms with E-state index in [2.05, 4.69) is 11.4 Å². The van der Waals surface area contributed by atoms with Crippen molar-refractivity contribution in [3.05, 3.63) is 80.4 Å². The summed E-state index contributed by atoms with van der Waals surface area (Å²) in [7, 11) is 1.56. The Hall–Kier alpha value is -3.15. The van der Waals surface area contributed by atoms with Crippen molar-refractivity contribution in [2.24, 2.45) is 7.05 Å². The molecule has 27 heavy (non-hydrogen) atoms. The highest BCUT2D eigenvalue weighted by molar-refractivity contribution is 5.80. The first-order valence-corrected chi connectivity index (χ1v) is 9.12. The summed E-state index contributed by atoms with van der Waals surface area (Å²) in [6.45, 7) is -0.173. The first-order chi connectivity index (χ1) is 13.1. The van der Waals surface area contributed by atoms with Crippen LogP contribution in [-0.4, -0.2) is 15.0 Å². The maximum atomic E-state index is 12.7. The number of benzene rings is 2. The largest absolute Gasteiger partial charge is 0.348 e. The number of hydrogen-bond acceptors (Lipinski definition) is 3. The van der Waals surface area contributed by atoms with Crippen molar-refractivity contribution in [3.63, 3.8) is 0 Å². The van der Waals surface area contributed by atoms with Gasteiger partial charge in [0.1, 0.15) is 6.54 Å². The monoisotopic (exact) mass is 363 g/mol. The number of rotatable bonds is 3. The molecule has 0 aliphatic heterocycles. The van der Waals surface area contributed by atoms with Crippen molar-refractivity contribution in [2.45, 2.75) is 31.8 Å². The van der Waals surface area contributed by atoms with E-state index < -0.39 is 11.1 Å². The molecule has 0 saturated carbocycles. The highest BCUT2D eigenvalue weighted by atomic mass is 16.2. The molecule has 0 bridgehead atoms. The van der Waals surface area contributed by atoms with E-state index in [1.54, 1.807) is 31.3 Å². The average molecular weight is 363 g/mol. The molecular formula is C21H21N3O3. The van der Waals surface area contributed by atoms with E-state index in [1.807, 2.05) is 18.2 Å². The standard InChI is InChI=1S/C21H21N3O3/c1-23-17-11-4-5-12-18(17)24(21(27)20(23)26)13-19(25)22-16-10-6-8-14-7-2-3-9-15(14)16/h2-5,7,9,11-12,16H,6,8,10,13H2,1H3,(H,22,25)/t16-/m0/s1. The fraction of sp³-hybridized carbons (Fsp3) is 0.286. The Balaban J connectivity index is 1.65. The number of nitrogens with one attached hydrogen (secondary N) is 1. The Morgan fingerprint density at radius 3 is 2.56 bits per heavy atom. The van der Waals surface area contributed by atoms with Crippen molar-refractivity contribution < 1.29 is 4.79 Å². The summed E-state index contributed by atoms with van der Waals surface area (Å²) < 4.78 is 2.59. The summed E-state index contributed by atoms with van der Waals surface area (Å²) >= 11 is 0. The van der Waals surface area contributed by atoms with Gasteiger partial charge in [0.05, 0.1) is 17.1 Å². The highest BCUT2D eigenvalue weighted by Gasteiger charge is 2.22. The molecule has 3 aromatic rings. The molecule has 0 radical (unpaired) electrons. The quantitative estimate of drug-likeness (QED) is 0.723. The number of fused-ring (bicyclic) bond motifs is 2. The lowest BCUT2D eigenvalue weighted by Crippen LogP contribution is -2.43. The minimum atomic E-state index is -0.685. The zero-order chi connectivity index (χ0) is 19.0. The number of carbonyl (C=O) groups is 1. The number of hydrogen-bond donors (Lipinski definition) is 1. The van der Waals surface area contributed by atoms with Crippen LogP contribution >= 0.6 is 0 Å². The van der Waals surface area contributed by atoms with Gasteiger partial charge in [-0.3, -0.25) is 19.0 Å². The van der Waals surface area contributed by atoms with Gasteiger partial charge in [-0.05, 0) is 42.5 Å². The van der Waals surface area contributed by atoms with Gasteiger partial charge in [-0.25, -0.2) is 0 Å². The maximum Gasteiger partial charge on any atom is 0.317 e. The molecule has 0 spiro atoms. The van der Waals surface area contributed by atoms with Gasteiger partial charge in [0.15, 0.2) is 0 Å². The summed E-state index contributed by atoms with van der Waals surface area (Å²) in [4.78, 5) is 37.4. The molecule has 4 rings (SSSR count). The van der Waals surface area contributed by atoms with Crippen molar-refractivity contribution in [3.8, 4) is 0 Å². The molecular weight excluding hydrogens is 342 g/mol. The van der Waals surface area contributed by atoms with E-state index in [4.69, 9.17) is 0 Å². The average Bonchev–Trinajstić information content (AvgIpc) is 2.70. The van der Waals surface area contributed by atoms with E-state index >= 15 is 0 Å². The fourth-order valence-corrected chi connectivity index (χ4v) is 3.90. The molecule has 1 aliphatic carbocycles. The molecule has 6 heteroatoms. The number of aryl methyl sites for hydroxylation is 2. The number of aromatic nitrogens is 2. The van der Waals surface area contributed by atoms with Gasteiger partial charge in [0.2, 0.25) is 5.91 Å². The molecule has 0 saturated heterocycles. The molecule has 1 aromatic heterocycles. The SMILES string of the molecule is Cn1c(=O)c(=O)n(CC(=O)N[C@H]2CCCc3ccccc32)c2ccccc21. The fourth-order valence-electron chi connectivity index (χ4n) is 3.90. The summed E-state index contributed by atoms with van der Waals surface area (Å²) in [6, 6.07) is 15.2. The predicted octanol–water partition coefficient (Wildman–Crippen LogP) is 1.89. The van der Waals surface area contributed by atoms with Gasteiger partial charge < -0.3 is 9.88 Å². The van der Waals surface area contributed by atoms with Crippen LogP contribution in [0.2, 0.25) is 0 Å². The minimum Gasteiger partial charge on any atom is -0.348 e. The lowest BCUT2D eigenvalue weighted by molar-refractivity contribution is -0.122. The highest BCUT2D eigenvalue weighted by Crippen LogP contribution is 2.29. The zero-order valence-electron chi connectivity index (χ0n) is 15.1. The topological polar surface area (TPSA) is 73.1 Å². The van der Waals surface area contributed by atoms with E-state index in [9.17, 15) is 14.4 Å². The Morgan fingerprint density at radius 1 is 1.04 bits per heavy atom. The van der Waals surface area contributed by atoms with Gasteiger partial charge in [-0.1, -0.05) is 36.4 Å². The molecule has 1 heterocycles. The van der Waals surface area contributed by atoms with Gasteiger partial charge in [0.25, 0.3) is 0 Å². The van der Waals surface area contributed by atoms with Gasteiger partial charge >= 0.3 is 11.1 Å². The molecule has 138 valence electrons. The van der Waals surface area contributed by atoms with Gasteiger partial charge in [0, 0.05) is 7.05 Å². The smallest absolute Gasteiger partial charge is 0.317 e. The summed E-state index contributed by atoms with van der Waals surface area (Å²) in [6.07, 6.45) is 2.90. The summed E-state index contributed by atoms with van der Waals surface area (Å²) in [5, 5.41) is 3.04. The molecule has 0 unspecified atom stereocenters. The number of para-hydroxylation sites is 2. The molecule has 1 amide bonds. The van der Waals surface area contributed by atoms with Crippen LogP contribution in [-0.2, 0) is 24.8 Å². The lowest BCUT2D eigenvalue weighted by Gasteiger charge is -2.26. The lowest BCUT2D eigenvalue weighted by atomic mass is 9.88. The van der Waals surface area contributed by atoms with E-state index in [1.165, 1.54) is 14.7 Å². The third-order valence-electron chi connectivity index (χ3n) is 5.27. The Bertz CT molecular complexity index is 1140. The predicted molar refractivity (Wildman–Crippen MR) is 104 cm³/mol. The first-order valence-electron chi connectivity index (χ1n) is 9.12. The Kier molecular flexibility index (Phi) is 4.39.